The Bertz CT molecular complexity index is 1060. The average molecular weight is 566 g/mol. The van der Waals surface area contributed by atoms with Gasteiger partial charge in [-0.25, -0.2) is 0 Å². The second-order valence-corrected chi connectivity index (χ2v) is 10.8. The summed E-state index contributed by atoms with van der Waals surface area (Å²) in [5.41, 5.74) is -3.58. The van der Waals surface area contributed by atoms with Gasteiger partial charge in [-0.3, -0.25) is 9.80 Å². The highest BCUT2D eigenvalue weighted by Gasteiger charge is 2.41. The molecule has 37 heavy (non-hydrogen) atoms. The van der Waals surface area contributed by atoms with E-state index in [1.54, 1.807) is 18.2 Å². The van der Waals surface area contributed by atoms with Crippen molar-refractivity contribution in [2.45, 2.75) is 62.5 Å². The third-order valence-corrected chi connectivity index (χ3v) is 8.43. The molecule has 0 spiro atoms. The van der Waals surface area contributed by atoms with Gasteiger partial charge in [-0.2, -0.15) is 26.3 Å². The maximum absolute atomic E-state index is 13.5. The summed E-state index contributed by atoms with van der Waals surface area (Å²) < 4.78 is 81.3. The predicted octanol–water partition coefficient (Wildman–Crippen LogP) is 8.25. The summed E-state index contributed by atoms with van der Waals surface area (Å²) >= 11 is 12.8. The molecule has 2 aromatic carbocycles. The van der Waals surface area contributed by atoms with E-state index in [-0.39, 0.29) is 28.1 Å². The predicted molar refractivity (Wildman–Crippen MR) is 134 cm³/mol. The fraction of sp³-hybridized carbons (Fsp3) is 0.519. The standard InChI is InChI=1S/C27H29Cl2F6N2/c1-25(22-8-5-9-23(28)24(22)29,37-12-10-36(11-13-37)21-6-3-2-4-7-21)17-18-14-19(26(30,31)32)16-20(15-18)27(33,34)35/h5,8-9,14-16,21H,1-4,6-7,10-13,17H2. The number of halogens is 8. The van der Waals surface area contributed by atoms with Crippen LogP contribution in [0.3, 0.4) is 0 Å². The Kier molecular flexibility index (Phi) is 8.44. The summed E-state index contributed by atoms with van der Waals surface area (Å²) in [6.07, 6.45) is -4.16. The lowest BCUT2D eigenvalue weighted by molar-refractivity contribution is -0.143. The molecule has 10 heteroatoms. The van der Waals surface area contributed by atoms with E-state index in [9.17, 15) is 26.3 Å². The zero-order valence-electron chi connectivity index (χ0n) is 20.2. The molecule has 1 aliphatic heterocycles. The minimum atomic E-state index is -4.93. The summed E-state index contributed by atoms with van der Waals surface area (Å²) in [5, 5.41) is 0.435. The van der Waals surface area contributed by atoms with Crippen molar-refractivity contribution in [1.82, 2.24) is 9.80 Å². The van der Waals surface area contributed by atoms with Gasteiger partial charge in [0.15, 0.2) is 0 Å². The molecule has 2 aromatic rings. The average Bonchev–Trinajstić information content (AvgIpc) is 2.85. The molecule has 2 aliphatic rings. The molecule has 0 aromatic heterocycles. The number of hydrogen-bond acceptors (Lipinski definition) is 2. The maximum Gasteiger partial charge on any atom is 0.416 e. The molecule has 1 atom stereocenters. The molecule has 0 N–H and O–H groups in total. The zero-order valence-corrected chi connectivity index (χ0v) is 21.7. The highest BCUT2D eigenvalue weighted by atomic mass is 35.5. The second-order valence-electron chi connectivity index (χ2n) is 10.0. The molecule has 2 fully saturated rings. The van der Waals surface area contributed by atoms with Crippen LogP contribution in [0.5, 0.6) is 0 Å². The van der Waals surface area contributed by atoms with Gasteiger partial charge in [0.25, 0.3) is 0 Å². The van der Waals surface area contributed by atoms with Crippen LogP contribution < -0.4 is 0 Å². The van der Waals surface area contributed by atoms with Crippen molar-refractivity contribution in [3.8, 4) is 0 Å². The summed E-state index contributed by atoms with van der Waals surface area (Å²) in [5.74, 6) is 0. The normalized spacial score (nSPS) is 20.7. The van der Waals surface area contributed by atoms with Crippen LogP contribution in [0.25, 0.3) is 0 Å². The van der Waals surface area contributed by atoms with Crippen molar-refractivity contribution in [1.29, 1.82) is 0 Å². The van der Waals surface area contributed by atoms with Crippen molar-refractivity contribution in [3.63, 3.8) is 0 Å². The minimum Gasteiger partial charge on any atom is -0.298 e. The molecular weight excluding hydrogens is 537 g/mol. The Hall–Kier alpha value is -1.48. The third kappa shape index (κ3) is 6.40. The van der Waals surface area contributed by atoms with Crippen molar-refractivity contribution in [3.05, 3.63) is 75.6 Å². The van der Waals surface area contributed by atoms with Gasteiger partial charge in [0.05, 0.1) is 26.7 Å². The molecule has 1 radical (unpaired) electrons. The van der Waals surface area contributed by atoms with Crippen LogP contribution in [-0.2, 0) is 24.3 Å². The van der Waals surface area contributed by atoms with Crippen molar-refractivity contribution in [2.24, 2.45) is 0 Å². The first kappa shape index (κ1) is 28.5. The number of piperazine rings is 1. The molecule has 4 rings (SSSR count). The second kappa shape index (κ2) is 10.9. The van der Waals surface area contributed by atoms with E-state index in [1.165, 1.54) is 19.3 Å². The smallest absolute Gasteiger partial charge is 0.298 e. The topological polar surface area (TPSA) is 6.48 Å². The molecule has 1 saturated carbocycles. The fourth-order valence-corrected chi connectivity index (χ4v) is 6.14. The van der Waals surface area contributed by atoms with Gasteiger partial charge in [0.2, 0.25) is 0 Å². The largest absolute Gasteiger partial charge is 0.416 e. The molecule has 1 aliphatic carbocycles. The molecule has 203 valence electrons. The zero-order chi connectivity index (χ0) is 27.0. The number of nitrogens with zero attached hydrogens (tertiary/aromatic N) is 2. The van der Waals surface area contributed by atoms with Crippen LogP contribution in [0.15, 0.2) is 36.4 Å². The summed E-state index contributed by atoms with van der Waals surface area (Å²) in [6, 6.07) is 7.12. The lowest BCUT2D eigenvalue weighted by Crippen LogP contribution is -2.57. The van der Waals surface area contributed by atoms with Crippen LogP contribution in [-0.4, -0.2) is 42.0 Å². The van der Waals surface area contributed by atoms with Gasteiger partial charge in [-0.15, -0.1) is 0 Å². The molecule has 0 bridgehead atoms. The van der Waals surface area contributed by atoms with Crippen molar-refractivity contribution < 1.29 is 26.3 Å². The Balaban J connectivity index is 1.71. The molecule has 2 nitrogen and oxygen atoms in total. The van der Waals surface area contributed by atoms with Gasteiger partial charge in [-0.05, 0) is 61.6 Å². The van der Waals surface area contributed by atoms with E-state index in [0.717, 1.165) is 38.1 Å². The van der Waals surface area contributed by atoms with Crippen molar-refractivity contribution >= 4 is 23.2 Å². The molecule has 0 amide bonds. The van der Waals surface area contributed by atoms with Crippen LogP contribution in [0.1, 0.15) is 54.4 Å². The minimum absolute atomic E-state index is 0.122. The van der Waals surface area contributed by atoms with E-state index in [2.05, 4.69) is 11.8 Å². The van der Waals surface area contributed by atoms with Gasteiger partial charge in [0, 0.05) is 32.2 Å². The van der Waals surface area contributed by atoms with Crippen LogP contribution >= 0.6 is 23.2 Å². The summed E-state index contributed by atoms with van der Waals surface area (Å²) in [6.45, 7) is 6.95. The first-order valence-corrected chi connectivity index (χ1v) is 13.1. The van der Waals surface area contributed by atoms with Crippen LogP contribution in [0.4, 0.5) is 26.3 Å². The van der Waals surface area contributed by atoms with E-state index >= 15 is 0 Å². The van der Waals surface area contributed by atoms with Crippen molar-refractivity contribution in [2.75, 3.05) is 26.2 Å². The Morgan fingerprint density at radius 2 is 1.38 bits per heavy atom. The Labute approximate surface area is 223 Å². The van der Waals surface area contributed by atoms with E-state index in [1.807, 2.05) is 4.90 Å². The molecule has 1 saturated heterocycles. The third-order valence-electron chi connectivity index (χ3n) is 7.61. The van der Waals surface area contributed by atoms with Crippen LogP contribution in [0, 0.1) is 6.92 Å². The van der Waals surface area contributed by atoms with Crippen LogP contribution in [0.2, 0.25) is 10.0 Å². The quantitative estimate of drug-likeness (QED) is 0.337. The number of alkyl halides is 6. The number of rotatable bonds is 5. The summed E-state index contributed by atoms with van der Waals surface area (Å²) in [7, 11) is 0. The number of hydrogen-bond donors (Lipinski definition) is 0. The van der Waals surface area contributed by atoms with E-state index < -0.39 is 29.0 Å². The van der Waals surface area contributed by atoms with E-state index in [0.29, 0.717) is 24.7 Å². The lowest BCUT2D eigenvalue weighted by Gasteiger charge is -2.48. The fourth-order valence-electron chi connectivity index (χ4n) is 5.66. The van der Waals surface area contributed by atoms with Gasteiger partial charge < -0.3 is 0 Å². The molecule has 1 unspecified atom stereocenters. The monoisotopic (exact) mass is 565 g/mol. The first-order valence-electron chi connectivity index (χ1n) is 12.4. The SMILES string of the molecule is [CH2]C(Cc1cc(C(F)(F)F)cc(C(F)(F)F)c1)(c1cccc(Cl)c1Cl)N1CCN(C2CCCCC2)CC1. The molecular formula is C27H29Cl2F6N2. The number of benzene rings is 2. The van der Waals surface area contributed by atoms with Gasteiger partial charge >= 0.3 is 12.4 Å². The first-order chi connectivity index (χ1) is 17.3. The highest BCUT2D eigenvalue weighted by Crippen LogP contribution is 2.42. The Morgan fingerprint density at radius 3 is 1.92 bits per heavy atom. The molecule has 1 heterocycles. The van der Waals surface area contributed by atoms with Gasteiger partial charge in [-0.1, -0.05) is 54.6 Å². The Morgan fingerprint density at radius 1 is 0.811 bits per heavy atom. The summed E-state index contributed by atoms with van der Waals surface area (Å²) in [4.78, 5) is 4.44. The highest BCUT2D eigenvalue weighted by molar-refractivity contribution is 6.42. The van der Waals surface area contributed by atoms with Gasteiger partial charge in [0.1, 0.15) is 0 Å². The lowest BCUT2D eigenvalue weighted by atomic mass is 9.82. The maximum atomic E-state index is 13.5. The van der Waals surface area contributed by atoms with E-state index in [4.69, 9.17) is 23.2 Å².